The van der Waals surface area contributed by atoms with Gasteiger partial charge in [0.05, 0.1) is 11.1 Å². The van der Waals surface area contributed by atoms with Gasteiger partial charge in [-0.2, -0.15) is 5.26 Å². The van der Waals surface area contributed by atoms with Crippen LogP contribution in [0, 0.1) is 28.4 Å². The van der Waals surface area contributed by atoms with Crippen molar-refractivity contribution in [2.75, 3.05) is 6.54 Å². The summed E-state index contributed by atoms with van der Waals surface area (Å²) in [6.07, 6.45) is 0.730. The zero-order valence-electron chi connectivity index (χ0n) is 20.0. The molecule has 0 bridgehead atoms. The Morgan fingerprint density at radius 1 is 1.25 bits per heavy atom. The van der Waals surface area contributed by atoms with Gasteiger partial charge in [0, 0.05) is 36.0 Å². The van der Waals surface area contributed by atoms with Crippen molar-refractivity contribution >= 4 is 35.1 Å². The van der Waals surface area contributed by atoms with Crippen molar-refractivity contribution in [3.8, 4) is 6.07 Å². The van der Waals surface area contributed by atoms with Gasteiger partial charge in [-0.15, -0.1) is 0 Å². The van der Waals surface area contributed by atoms with E-state index in [2.05, 4.69) is 16.7 Å². The lowest BCUT2D eigenvalue weighted by molar-refractivity contribution is -0.139. The van der Waals surface area contributed by atoms with Gasteiger partial charge in [0.25, 0.3) is 0 Å². The van der Waals surface area contributed by atoms with E-state index in [0.717, 1.165) is 6.07 Å². The Balaban J connectivity index is 2.23. The van der Waals surface area contributed by atoms with Crippen LogP contribution in [0.25, 0.3) is 0 Å². The average Bonchev–Trinajstić information content (AvgIpc) is 3.09. The maximum atomic E-state index is 15.5. The third-order valence-electron chi connectivity index (χ3n) is 6.83. The molecular formula is C26H27Cl2F2N3O3. The molecule has 6 nitrogen and oxygen atoms in total. The molecule has 0 radical (unpaired) electrons. The Morgan fingerprint density at radius 2 is 1.94 bits per heavy atom. The molecule has 192 valence electrons. The highest BCUT2D eigenvalue weighted by molar-refractivity contribution is 6.31. The van der Waals surface area contributed by atoms with Gasteiger partial charge in [0.1, 0.15) is 23.1 Å². The fourth-order valence-electron chi connectivity index (χ4n) is 5.16. The number of aliphatic carboxylic acids is 1. The summed E-state index contributed by atoms with van der Waals surface area (Å²) in [5, 5.41) is 26.4. The van der Waals surface area contributed by atoms with Gasteiger partial charge in [-0.3, -0.25) is 14.9 Å². The van der Waals surface area contributed by atoms with Gasteiger partial charge in [-0.05, 0) is 42.0 Å². The Bertz CT molecular complexity index is 1220. The van der Waals surface area contributed by atoms with Gasteiger partial charge in [-0.1, -0.05) is 55.2 Å². The number of carbonyl (C=O) groups is 2. The summed E-state index contributed by atoms with van der Waals surface area (Å²) in [7, 11) is 0. The van der Waals surface area contributed by atoms with Gasteiger partial charge in [-0.25, -0.2) is 8.78 Å². The highest BCUT2D eigenvalue weighted by Crippen LogP contribution is 2.53. The van der Waals surface area contributed by atoms with Gasteiger partial charge >= 0.3 is 5.97 Å². The minimum atomic E-state index is -1.82. The van der Waals surface area contributed by atoms with Gasteiger partial charge in [0.15, 0.2) is 0 Å². The number of halogens is 4. The number of amides is 1. The zero-order valence-corrected chi connectivity index (χ0v) is 21.6. The van der Waals surface area contributed by atoms with Crippen molar-refractivity contribution in [3.63, 3.8) is 0 Å². The topological polar surface area (TPSA) is 102 Å². The Morgan fingerprint density at radius 3 is 2.53 bits per heavy atom. The first-order valence-electron chi connectivity index (χ1n) is 11.4. The summed E-state index contributed by atoms with van der Waals surface area (Å²) < 4.78 is 30.8. The van der Waals surface area contributed by atoms with Crippen molar-refractivity contribution in [1.82, 2.24) is 10.6 Å². The molecule has 36 heavy (non-hydrogen) atoms. The molecule has 4 unspecified atom stereocenters. The minimum absolute atomic E-state index is 0.0855. The van der Waals surface area contributed by atoms with Crippen molar-refractivity contribution in [1.29, 1.82) is 5.26 Å². The SMILES string of the molecule is CC(=O)NCCC(C)(C)CC1NC(C(=O)O)C(c2cccc(Cl)c2F)C1(C#N)c1ccc(Cl)cc1F. The smallest absolute Gasteiger partial charge is 0.321 e. The monoisotopic (exact) mass is 537 g/mol. The number of hydrogen-bond acceptors (Lipinski definition) is 4. The van der Waals surface area contributed by atoms with Gasteiger partial charge in [0.2, 0.25) is 5.91 Å². The van der Waals surface area contributed by atoms with Crippen molar-refractivity contribution < 1.29 is 23.5 Å². The Labute approximate surface area is 218 Å². The first kappa shape index (κ1) is 27.9. The van der Waals surface area contributed by atoms with Crippen LogP contribution in [-0.2, 0) is 15.0 Å². The maximum Gasteiger partial charge on any atom is 0.321 e. The molecule has 2 aromatic carbocycles. The van der Waals surface area contributed by atoms with Crippen LogP contribution in [0.15, 0.2) is 36.4 Å². The number of nitriles is 1. The summed E-state index contributed by atoms with van der Waals surface area (Å²) in [4.78, 5) is 23.7. The number of carbonyl (C=O) groups excluding carboxylic acids is 1. The third kappa shape index (κ3) is 5.34. The minimum Gasteiger partial charge on any atom is -0.480 e. The predicted octanol–water partition coefficient (Wildman–Crippen LogP) is 5.18. The van der Waals surface area contributed by atoms with Crippen LogP contribution in [0.3, 0.4) is 0 Å². The first-order valence-corrected chi connectivity index (χ1v) is 12.1. The molecule has 10 heteroatoms. The number of hydrogen-bond donors (Lipinski definition) is 3. The van der Waals surface area contributed by atoms with Crippen LogP contribution in [0.4, 0.5) is 8.78 Å². The fourth-order valence-corrected chi connectivity index (χ4v) is 5.50. The van der Waals surface area contributed by atoms with Crippen LogP contribution >= 0.6 is 23.2 Å². The lowest BCUT2D eigenvalue weighted by Gasteiger charge is -2.38. The van der Waals surface area contributed by atoms with Crippen molar-refractivity contribution in [2.24, 2.45) is 5.41 Å². The lowest BCUT2D eigenvalue weighted by Crippen LogP contribution is -2.45. The number of nitrogens with one attached hydrogen (secondary N) is 2. The van der Waals surface area contributed by atoms with Crippen LogP contribution < -0.4 is 10.6 Å². The molecule has 2 aromatic rings. The Kier molecular flexibility index (Phi) is 8.29. The van der Waals surface area contributed by atoms with E-state index in [9.17, 15) is 20.0 Å². The number of carboxylic acid groups (broad SMARTS) is 1. The molecule has 1 aliphatic heterocycles. The normalized spacial score (nSPS) is 23.8. The zero-order chi connectivity index (χ0) is 26.8. The molecule has 4 atom stereocenters. The van der Waals surface area contributed by atoms with E-state index in [0.29, 0.717) is 13.0 Å². The summed E-state index contributed by atoms with van der Waals surface area (Å²) in [6.45, 7) is 5.57. The summed E-state index contributed by atoms with van der Waals surface area (Å²) in [5.74, 6) is -4.48. The molecule has 1 aliphatic rings. The van der Waals surface area contributed by atoms with Crippen LogP contribution in [-0.4, -0.2) is 35.6 Å². The van der Waals surface area contributed by atoms with E-state index in [4.69, 9.17) is 23.2 Å². The Hall–Kier alpha value is -2.73. The summed E-state index contributed by atoms with van der Waals surface area (Å²) in [6, 6.07) is 7.85. The van der Waals surface area contributed by atoms with E-state index in [1.807, 2.05) is 13.8 Å². The maximum absolute atomic E-state index is 15.5. The predicted molar refractivity (Wildman–Crippen MR) is 133 cm³/mol. The molecule has 1 heterocycles. The van der Waals surface area contributed by atoms with E-state index in [-0.39, 0.29) is 33.5 Å². The fraction of sp³-hybridized carbons (Fsp3) is 0.423. The average molecular weight is 538 g/mol. The molecular weight excluding hydrogens is 511 g/mol. The molecule has 1 amide bonds. The van der Waals surface area contributed by atoms with Gasteiger partial charge < -0.3 is 10.4 Å². The lowest BCUT2D eigenvalue weighted by atomic mass is 9.62. The third-order valence-corrected chi connectivity index (χ3v) is 7.36. The van der Waals surface area contributed by atoms with Crippen molar-refractivity contribution in [2.45, 2.75) is 57.0 Å². The number of nitrogens with zero attached hydrogens (tertiary/aromatic N) is 1. The largest absolute Gasteiger partial charge is 0.480 e. The van der Waals surface area contributed by atoms with Crippen LogP contribution in [0.1, 0.15) is 50.7 Å². The highest BCUT2D eigenvalue weighted by Gasteiger charge is 2.61. The van der Waals surface area contributed by atoms with Crippen LogP contribution in [0.5, 0.6) is 0 Å². The quantitative estimate of drug-likeness (QED) is 0.430. The second-order valence-electron chi connectivity index (χ2n) is 9.86. The van der Waals surface area contributed by atoms with Crippen LogP contribution in [0.2, 0.25) is 10.0 Å². The standard InChI is InChI=1S/C26H27Cl2F2N3O3/c1-14(34)32-10-9-25(2,3)12-20-26(13-31,17-8-7-15(27)11-19(17)29)21(23(33-20)24(35)36)16-5-4-6-18(28)22(16)30/h4-8,11,20-21,23,33H,9-10,12H2,1-3H3,(H,32,34)(H,35,36). The highest BCUT2D eigenvalue weighted by atomic mass is 35.5. The summed E-state index contributed by atoms with van der Waals surface area (Å²) in [5.41, 5.74) is -2.53. The molecule has 1 fully saturated rings. The second kappa shape index (κ2) is 10.7. The molecule has 3 rings (SSSR count). The molecule has 0 saturated carbocycles. The summed E-state index contributed by atoms with van der Waals surface area (Å²) >= 11 is 12.0. The molecule has 3 N–H and O–H groups in total. The molecule has 1 saturated heterocycles. The van der Waals surface area contributed by atoms with Crippen molar-refractivity contribution in [3.05, 3.63) is 69.2 Å². The van der Waals surface area contributed by atoms with E-state index >= 15 is 8.78 Å². The molecule has 0 aromatic heterocycles. The first-order chi connectivity index (χ1) is 16.8. The van der Waals surface area contributed by atoms with E-state index < -0.39 is 46.4 Å². The number of rotatable bonds is 8. The number of carboxylic acids is 1. The molecule has 0 spiro atoms. The van der Waals surface area contributed by atoms with E-state index in [1.54, 1.807) is 0 Å². The van der Waals surface area contributed by atoms with E-state index in [1.165, 1.54) is 37.3 Å². The molecule has 0 aliphatic carbocycles. The second-order valence-corrected chi connectivity index (χ2v) is 10.7. The number of benzene rings is 2.